The van der Waals surface area contributed by atoms with Crippen LogP contribution in [0, 0.1) is 0 Å². The molecule has 0 aromatic rings. The molecule has 2 fully saturated rings. The molecule has 0 amide bonds. The van der Waals surface area contributed by atoms with E-state index in [0.29, 0.717) is 13.2 Å². The quantitative estimate of drug-likeness (QED) is 0.612. The van der Waals surface area contributed by atoms with Crippen LogP contribution in [0.3, 0.4) is 0 Å². The van der Waals surface area contributed by atoms with Crippen molar-refractivity contribution in [3.05, 3.63) is 0 Å². The molecule has 0 aromatic heterocycles. The van der Waals surface area contributed by atoms with E-state index < -0.39 is 5.79 Å². The predicted molar refractivity (Wildman–Crippen MR) is 45.2 cm³/mol. The van der Waals surface area contributed by atoms with E-state index in [1.165, 1.54) is 0 Å². The Morgan fingerprint density at radius 2 is 1.92 bits per heavy atom. The number of hydrogen-bond donors (Lipinski definition) is 0. The molecule has 0 aromatic carbocycles. The second-order valence-corrected chi connectivity index (χ2v) is 3.87. The first kappa shape index (κ1) is 9.40. The summed E-state index contributed by atoms with van der Waals surface area (Å²) >= 11 is 0. The summed E-state index contributed by atoms with van der Waals surface area (Å²) in [6, 6.07) is 0. The van der Waals surface area contributed by atoms with E-state index >= 15 is 0 Å². The van der Waals surface area contributed by atoms with Crippen molar-refractivity contribution in [1.82, 2.24) is 0 Å². The van der Waals surface area contributed by atoms with E-state index in [2.05, 4.69) is 0 Å². The van der Waals surface area contributed by atoms with Gasteiger partial charge in [0.05, 0.1) is 25.4 Å². The zero-order valence-corrected chi connectivity index (χ0v) is 8.28. The van der Waals surface area contributed by atoms with Gasteiger partial charge in [-0.1, -0.05) is 0 Å². The molecule has 0 bridgehead atoms. The van der Waals surface area contributed by atoms with Crippen molar-refractivity contribution in [2.45, 2.75) is 45.1 Å². The van der Waals surface area contributed by atoms with Gasteiger partial charge in [0.1, 0.15) is 0 Å². The Hall–Kier alpha value is -0.160. The van der Waals surface area contributed by atoms with Gasteiger partial charge in [-0.2, -0.15) is 0 Å². The largest absolute Gasteiger partial charge is 0.345 e. The van der Waals surface area contributed by atoms with Gasteiger partial charge >= 0.3 is 0 Å². The summed E-state index contributed by atoms with van der Waals surface area (Å²) in [7, 11) is 0. The molecule has 76 valence electrons. The van der Waals surface area contributed by atoms with Gasteiger partial charge < -0.3 is 18.9 Å². The summed E-state index contributed by atoms with van der Waals surface area (Å²) in [5.41, 5.74) is 0. The Morgan fingerprint density at radius 3 is 2.38 bits per heavy atom. The third kappa shape index (κ3) is 1.72. The van der Waals surface area contributed by atoms with E-state index in [-0.39, 0.29) is 18.5 Å². The Morgan fingerprint density at radius 1 is 1.15 bits per heavy atom. The first-order chi connectivity index (χ1) is 6.10. The molecule has 0 spiro atoms. The Kier molecular flexibility index (Phi) is 2.32. The molecule has 4 nitrogen and oxygen atoms in total. The highest BCUT2D eigenvalue weighted by atomic mass is 16.8. The maximum absolute atomic E-state index is 5.61. The van der Waals surface area contributed by atoms with Crippen LogP contribution in [0.15, 0.2) is 0 Å². The minimum absolute atomic E-state index is 0.119. The third-order valence-corrected chi connectivity index (χ3v) is 2.31. The molecule has 2 saturated heterocycles. The van der Waals surface area contributed by atoms with Crippen LogP contribution in [-0.2, 0) is 18.9 Å². The number of ether oxygens (including phenoxy) is 4. The van der Waals surface area contributed by atoms with Crippen LogP contribution in [0.1, 0.15) is 20.8 Å². The zero-order chi connectivity index (χ0) is 9.47. The van der Waals surface area contributed by atoms with Crippen LogP contribution in [-0.4, -0.2) is 37.5 Å². The molecule has 0 N–H and O–H groups in total. The van der Waals surface area contributed by atoms with Crippen LogP contribution >= 0.6 is 0 Å². The third-order valence-electron chi connectivity index (χ3n) is 2.31. The number of hydrogen-bond acceptors (Lipinski definition) is 4. The van der Waals surface area contributed by atoms with Crippen molar-refractivity contribution in [2.75, 3.05) is 13.2 Å². The predicted octanol–water partition coefficient (Wildman–Crippen LogP) is 0.899. The maximum atomic E-state index is 5.61. The van der Waals surface area contributed by atoms with Crippen molar-refractivity contribution in [2.24, 2.45) is 0 Å². The van der Waals surface area contributed by atoms with Gasteiger partial charge in [-0.15, -0.1) is 0 Å². The Bertz CT molecular complexity index is 196. The van der Waals surface area contributed by atoms with E-state index in [1.807, 2.05) is 20.8 Å². The van der Waals surface area contributed by atoms with Gasteiger partial charge in [-0.05, 0) is 20.8 Å². The lowest BCUT2D eigenvalue weighted by Crippen LogP contribution is -2.41. The van der Waals surface area contributed by atoms with E-state index in [1.54, 1.807) is 0 Å². The molecule has 2 rings (SSSR count). The highest BCUT2D eigenvalue weighted by molar-refractivity contribution is 4.79. The van der Waals surface area contributed by atoms with Gasteiger partial charge in [0.15, 0.2) is 0 Å². The summed E-state index contributed by atoms with van der Waals surface area (Å²) in [6.45, 7) is 7.03. The molecular weight excluding hydrogens is 172 g/mol. The highest BCUT2D eigenvalue weighted by Crippen LogP contribution is 2.32. The van der Waals surface area contributed by atoms with Gasteiger partial charge in [0.2, 0.25) is 12.1 Å². The average Bonchev–Trinajstić information content (AvgIpc) is 2.60. The minimum atomic E-state index is -0.718. The summed E-state index contributed by atoms with van der Waals surface area (Å²) in [4.78, 5) is 0. The second-order valence-electron chi connectivity index (χ2n) is 3.87. The van der Waals surface area contributed by atoms with E-state index in [9.17, 15) is 0 Å². The molecule has 2 aliphatic heterocycles. The van der Waals surface area contributed by atoms with Crippen molar-refractivity contribution >= 4 is 0 Å². The lowest BCUT2D eigenvalue weighted by atomic mass is 10.3. The zero-order valence-electron chi connectivity index (χ0n) is 8.28. The fourth-order valence-corrected chi connectivity index (χ4v) is 1.66. The van der Waals surface area contributed by atoms with Crippen LogP contribution in [0.5, 0.6) is 0 Å². The molecule has 13 heavy (non-hydrogen) atoms. The van der Waals surface area contributed by atoms with Gasteiger partial charge in [-0.3, -0.25) is 0 Å². The maximum Gasteiger partial charge on any atom is 0.218 e. The first-order valence-corrected chi connectivity index (χ1v) is 4.69. The normalized spacial score (nSPS) is 51.5. The first-order valence-electron chi connectivity index (χ1n) is 4.69. The fourth-order valence-electron chi connectivity index (χ4n) is 1.66. The summed E-state index contributed by atoms with van der Waals surface area (Å²) in [5, 5.41) is 0. The van der Waals surface area contributed by atoms with Gasteiger partial charge in [0.25, 0.3) is 0 Å². The molecular formula is C9H16O4. The standard InChI is InChI=1S/C9H16O4/c1-6-4-10-8(12-6)9(3)11-5-7(2)13-9/h6-8H,4-5H2,1-3H3/t6-,7+,8+,9-/m1/s1. The lowest BCUT2D eigenvalue weighted by molar-refractivity contribution is -0.278. The summed E-state index contributed by atoms with van der Waals surface area (Å²) < 4.78 is 22.1. The summed E-state index contributed by atoms with van der Waals surface area (Å²) in [6.07, 6.45) is -0.134. The van der Waals surface area contributed by atoms with Crippen molar-refractivity contribution in [3.8, 4) is 0 Å². The topological polar surface area (TPSA) is 36.9 Å². The molecule has 2 aliphatic rings. The summed E-state index contributed by atoms with van der Waals surface area (Å²) in [5.74, 6) is -0.718. The SMILES string of the molecule is C[C@@H]1CO[C@H]([C@]2(C)OC[C@H](C)O2)O1. The van der Waals surface area contributed by atoms with E-state index in [0.717, 1.165) is 0 Å². The van der Waals surface area contributed by atoms with Crippen LogP contribution in [0.2, 0.25) is 0 Å². The minimum Gasteiger partial charge on any atom is -0.345 e. The Labute approximate surface area is 78.1 Å². The van der Waals surface area contributed by atoms with Crippen molar-refractivity contribution in [3.63, 3.8) is 0 Å². The smallest absolute Gasteiger partial charge is 0.218 e. The van der Waals surface area contributed by atoms with Crippen LogP contribution in [0.4, 0.5) is 0 Å². The van der Waals surface area contributed by atoms with Crippen LogP contribution < -0.4 is 0 Å². The molecule has 0 aliphatic carbocycles. The van der Waals surface area contributed by atoms with E-state index in [4.69, 9.17) is 18.9 Å². The molecule has 2 heterocycles. The second kappa shape index (κ2) is 3.20. The van der Waals surface area contributed by atoms with Crippen LogP contribution in [0.25, 0.3) is 0 Å². The average molecular weight is 188 g/mol. The van der Waals surface area contributed by atoms with Crippen molar-refractivity contribution < 1.29 is 18.9 Å². The molecule has 0 saturated carbocycles. The lowest BCUT2D eigenvalue weighted by Gasteiger charge is -2.27. The molecule has 4 atom stereocenters. The molecule has 4 heteroatoms. The molecule has 0 radical (unpaired) electrons. The van der Waals surface area contributed by atoms with Crippen molar-refractivity contribution in [1.29, 1.82) is 0 Å². The Balaban J connectivity index is 1.99. The monoisotopic (exact) mass is 188 g/mol. The highest BCUT2D eigenvalue weighted by Gasteiger charge is 2.47. The number of rotatable bonds is 1. The molecule has 0 unspecified atom stereocenters. The van der Waals surface area contributed by atoms with Gasteiger partial charge in [-0.25, -0.2) is 0 Å². The van der Waals surface area contributed by atoms with Gasteiger partial charge in [0, 0.05) is 0 Å². The fraction of sp³-hybridized carbons (Fsp3) is 1.00.